The zero-order valence-electron chi connectivity index (χ0n) is 11.0. The van der Waals surface area contributed by atoms with Gasteiger partial charge in [-0.25, -0.2) is 0 Å². The largest absolute Gasteiger partial charge is 0.398 e. The highest BCUT2D eigenvalue weighted by Crippen LogP contribution is 2.44. The number of nitrogens with two attached hydrogens (primary N) is 1. The Hall–Kier alpha value is -1.73. The first-order chi connectivity index (χ1) is 8.48. The highest BCUT2D eigenvalue weighted by Gasteiger charge is 2.48. The van der Waals surface area contributed by atoms with E-state index in [1.54, 1.807) is 19.2 Å². The fraction of sp³-hybridized carbons (Fsp3) is 0.500. The van der Waals surface area contributed by atoms with Crippen molar-refractivity contribution in [2.24, 2.45) is 5.41 Å². The van der Waals surface area contributed by atoms with Crippen LogP contribution >= 0.6 is 0 Å². The second kappa shape index (κ2) is 4.51. The molecule has 3 N–H and O–H groups in total. The third-order valence-electron chi connectivity index (χ3n) is 3.98. The molecule has 0 aromatic heterocycles. The maximum Gasteiger partial charge on any atom is 0.101 e. The quantitative estimate of drug-likeness (QED) is 0.802. The zero-order valence-corrected chi connectivity index (χ0v) is 11.0. The third kappa shape index (κ3) is 2.02. The average molecular weight is 245 g/mol. The fourth-order valence-electron chi connectivity index (χ4n) is 2.47. The molecule has 1 aromatic carbocycles. The molecule has 1 aromatic rings. The molecule has 0 spiro atoms. The van der Waals surface area contributed by atoms with E-state index in [1.165, 1.54) is 0 Å². The normalized spacial score (nSPS) is 25.0. The van der Waals surface area contributed by atoms with Crippen LogP contribution in [0.2, 0.25) is 0 Å². The lowest BCUT2D eigenvalue weighted by atomic mass is 9.64. The number of hydrogen-bond donors (Lipinski definition) is 2. The minimum atomic E-state index is 0.100. The van der Waals surface area contributed by atoms with Crippen LogP contribution in [0.15, 0.2) is 18.2 Å². The summed E-state index contributed by atoms with van der Waals surface area (Å²) in [6.07, 6.45) is 1.27. The van der Waals surface area contributed by atoms with Gasteiger partial charge in [-0.2, -0.15) is 5.26 Å². The molecule has 0 amide bonds. The summed E-state index contributed by atoms with van der Waals surface area (Å²) in [7, 11) is 1.75. The average Bonchev–Trinajstić information content (AvgIpc) is 2.35. The number of nitrogen functional groups attached to an aromatic ring is 1. The van der Waals surface area contributed by atoms with Crippen LogP contribution in [-0.2, 0) is 4.74 Å². The first kappa shape index (κ1) is 12.7. The van der Waals surface area contributed by atoms with Gasteiger partial charge in [0.2, 0.25) is 0 Å². The number of anilines is 2. The summed E-state index contributed by atoms with van der Waals surface area (Å²) in [5.74, 6) is 0. The highest BCUT2D eigenvalue weighted by atomic mass is 16.5. The molecular weight excluding hydrogens is 226 g/mol. The summed E-state index contributed by atoms with van der Waals surface area (Å²) >= 11 is 0. The van der Waals surface area contributed by atoms with E-state index in [4.69, 9.17) is 15.7 Å². The topological polar surface area (TPSA) is 71.1 Å². The summed E-state index contributed by atoms with van der Waals surface area (Å²) in [6.45, 7) is 4.37. The van der Waals surface area contributed by atoms with Crippen LogP contribution in [0.5, 0.6) is 0 Å². The Morgan fingerprint density at radius 3 is 2.78 bits per heavy atom. The van der Waals surface area contributed by atoms with Crippen molar-refractivity contribution in [3.8, 4) is 6.07 Å². The Labute approximate surface area is 108 Å². The number of methoxy groups -OCH3 is 1. The van der Waals surface area contributed by atoms with Gasteiger partial charge < -0.3 is 15.8 Å². The predicted octanol–water partition coefficient (Wildman–Crippen LogP) is 2.37. The molecule has 0 heterocycles. The van der Waals surface area contributed by atoms with Crippen LogP contribution in [0.3, 0.4) is 0 Å². The number of rotatable bonds is 3. The molecule has 0 aliphatic heterocycles. The Bertz CT molecular complexity index is 490. The Balaban J connectivity index is 2.10. The molecule has 2 atom stereocenters. The molecular formula is C14H19N3O. The molecule has 0 radical (unpaired) electrons. The number of nitrogens with one attached hydrogen (secondary N) is 1. The molecule has 2 unspecified atom stereocenters. The Morgan fingerprint density at radius 2 is 2.22 bits per heavy atom. The summed E-state index contributed by atoms with van der Waals surface area (Å²) in [5, 5.41) is 12.4. The number of benzene rings is 1. The number of ether oxygens (including phenoxy) is 1. The smallest absolute Gasteiger partial charge is 0.101 e. The fourth-order valence-corrected chi connectivity index (χ4v) is 2.47. The van der Waals surface area contributed by atoms with Crippen molar-refractivity contribution in [1.29, 1.82) is 5.26 Å². The maximum atomic E-state index is 8.95. The summed E-state index contributed by atoms with van der Waals surface area (Å²) in [4.78, 5) is 0. The Kier molecular flexibility index (Phi) is 3.18. The second-order valence-corrected chi connectivity index (χ2v) is 5.39. The van der Waals surface area contributed by atoms with Gasteiger partial charge in [0.05, 0.1) is 11.7 Å². The van der Waals surface area contributed by atoms with Gasteiger partial charge in [-0.15, -0.1) is 0 Å². The monoisotopic (exact) mass is 245 g/mol. The van der Waals surface area contributed by atoms with Crippen molar-refractivity contribution in [1.82, 2.24) is 0 Å². The van der Waals surface area contributed by atoms with Gasteiger partial charge in [0.1, 0.15) is 6.07 Å². The van der Waals surface area contributed by atoms with Crippen LogP contribution in [0.1, 0.15) is 25.8 Å². The molecule has 1 aliphatic rings. The molecule has 4 nitrogen and oxygen atoms in total. The van der Waals surface area contributed by atoms with E-state index >= 15 is 0 Å². The van der Waals surface area contributed by atoms with Crippen molar-refractivity contribution in [2.45, 2.75) is 32.4 Å². The summed E-state index contributed by atoms with van der Waals surface area (Å²) in [6, 6.07) is 7.93. The van der Waals surface area contributed by atoms with Crippen LogP contribution in [0.25, 0.3) is 0 Å². The van der Waals surface area contributed by atoms with E-state index in [2.05, 4.69) is 25.2 Å². The van der Waals surface area contributed by atoms with Gasteiger partial charge in [0.25, 0.3) is 0 Å². The standard InChI is InChI=1S/C14H19N3O/c1-14(2)12(7-13(14)18-3)17-10-4-5-11(16)9(6-10)8-15/h4-6,12-13,17H,7,16H2,1-3H3. The van der Waals surface area contributed by atoms with Crippen LogP contribution in [0.4, 0.5) is 11.4 Å². The molecule has 18 heavy (non-hydrogen) atoms. The van der Waals surface area contributed by atoms with Crippen molar-refractivity contribution >= 4 is 11.4 Å². The van der Waals surface area contributed by atoms with E-state index in [-0.39, 0.29) is 5.41 Å². The van der Waals surface area contributed by atoms with E-state index in [1.807, 2.05) is 6.07 Å². The first-order valence-corrected chi connectivity index (χ1v) is 6.08. The molecule has 1 aliphatic carbocycles. The molecule has 96 valence electrons. The zero-order chi connectivity index (χ0) is 13.3. The van der Waals surface area contributed by atoms with Crippen LogP contribution in [-0.4, -0.2) is 19.3 Å². The number of nitriles is 1. The lowest BCUT2D eigenvalue weighted by molar-refractivity contribution is -0.0794. The number of nitrogens with zero attached hydrogens (tertiary/aromatic N) is 1. The molecule has 2 rings (SSSR count). The van der Waals surface area contributed by atoms with Crippen molar-refractivity contribution in [2.75, 3.05) is 18.2 Å². The molecule has 1 saturated carbocycles. The molecule has 0 bridgehead atoms. The van der Waals surface area contributed by atoms with E-state index in [9.17, 15) is 0 Å². The van der Waals surface area contributed by atoms with Gasteiger partial charge in [-0.05, 0) is 24.6 Å². The minimum Gasteiger partial charge on any atom is -0.398 e. The summed E-state index contributed by atoms with van der Waals surface area (Å²) in [5.41, 5.74) is 7.78. The van der Waals surface area contributed by atoms with Crippen molar-refractivity contribution in [3.05, 3.63) is 23.8 Å². The minimum absolute atomic E-state index is 0.100. The Morgan fingerprint density at radius 1 is 1.50 bits per heavy atom. The first-order valence-electron chi connectivity index (χ1n) is 6.08. The predicted molar refractivity (Wildman–Crippen MR) is 72.2 cm³/mol. The lowest BCUT2D eigenvalue weighted by Crippen LogP contribution is -2.57. The summed E-state index contributed by atoms with van der Waals surface area (Å²) < 4.78 is 5.42. The molecule has 0 saturated heterocycles. The van der Waals surface area contributed by atoms with E-state index < -0.39 is 0 Å². The van der Waals surface area contributed by atoms with Gasteiger partial charge >= 0.3 is 0 Å². The highest BCUT2D eigenvalue weighted by molar-refractivity contribution is 5.62. The van der Waals surface area contributed by atoms with Gasteiger partial charge in [-0.1, -0.05) is 13.8 Å². The van der Waals surface area contributed by atoms with E-state index in [0.717, 1.165) is 12.1 Å². The third-order valence-corrected chi connectivity index (χ3v) is 3.98. The number of hydrogen-bond acceptors (Lipinski definition) is 4. The van der Waals surface area contributed by atoms with Crippen LogP contribution in [0, 0.1) is 16.7 Å². The van der Waals surface area contributed by atoms with E-state index in [0.29, 0.717) is 23.4 Å². The second-order valence-electron chi connectivity index (χ2n) is 5.39. The molecule has 1 fully saturated rings. The van der Waals surface area contributed by atoms with Crippen molar-refractivity contribution in [3.63, 3.8) is 0 Å². The van der Waals surface area contributed by atoms with Crippen molar-refractivity contribution < 1.29 is 4.74 Å². The van der Waals surface area contributed by atoms with Gasteiger partial charge in [0.15, 0.2) is 0 Å². The molecule has 4 heteroatoms. The van der Waals surface area contributed by atoms with Gasteiger partial charge in [0, 0.05) is 29.9 Å². The maximum absolute atomic E-state index is 8.95. The van der Waals surface area contributed by atoms with Gasteiger partial charge in [-0.3, -0.25) is 0 Å². The van der Waals surface area contributed by atoms with Crippen LogP contribution < -0.4 is 11.1 Å². The SMILES string of the molecule is COC1CC(Nc2ccc(N)c(C#N)c2)C1(C)C. The lowest BCUT2D eigenvalue weighted by Gasteiger charge is -2.51.